The zero-order valence-electron chi connectivity index (χ0n) is 13.3. The summed E-state index contributed by atoms with van der Waals surface area (Å²) in [6.07, 6.45) is 12.4. The second kappa shape index (κ2) is 7.26. The summed E-state index contributed by atoms with van der Waals surface area (Å²) in [4.78, 5) is 3.00. The summed E-state index contributed by atoms with van der Waals surface area (Å²) >= 11 is 1.97. The predicted octanol–water partition coefficient (Wildman–Crippen LogP) is 4.29. The van der Waals surface area contributed by atoms with Crippen molar-refractivity contribution in [3.63, 3.8) is 0 Å². The van der Waals surface area contributed by atoms with Crippen LogP contribution in [0, 0.1) is 17.8 Å². The molecule has 1 heterocycles. The van der Waals surface area contributed by atoms with Gasteiger partial charge in [-0.2, -0.15) is 0 Å². The normalized spacial score (nSPS) is 30.9. The molecular weight excluding hydrogens is 276 g/mol. The lowest BCUT2D eigenvalue weighted by molar-refractivity contribution is 0.109. The molecule has 0 spiro atoms. The SMILES string of the molecule is CCc1ccc(CC(NN)C2CCC3CCCCC3C2)s1. The number of thiophene rings is 1. The van der Waals surface area contributed by atoms with Crippen molar-refractivity contribution in [2.75, 3.05) is 0 Å². The van der Waals surface area contributed by atoms with Crippen LogP contribution in [0.25, 0.3) is 0 Å². The van der Waals surface area contributed by atoms with Gasteiger partial charge in [0, 0.05) is 15.8 Å². The highest BCUT2D eigenvalue weighted by Crippen LogP contribution is 2.43. The molecule has 2 saturated carbocycles. The molecule has 0 aliphatic heterocycles. The van der Waals surface area contributed by atoms with Crippen molar-refractivity contribution in [1.82, 2.24) is 5.43 Å². The van der Waals surface area contributed by atoms with Crippen LogP contribution in [0.1, 0.15) is 61.6 Å². The van der Waals surface area contributed by atoms with Crippen LogP contribution in [0.4, 0.5) is 0 Å². The summed E-state index contributed by atoms with van der Waals surface area (Å²) in [5.41, 5.74) is 3.15. The predicted molar refractivity (Wildman–Crippen MR) is 91.3 cm³/mol. The number of aryl methyl sites for hydroxylation is 1. The molecule has 0 aromatic carbocycles. The summed E-state index contributed by atoms with van der Waals surface area (Å²) in [6, 6.07) is 5.06. The molecule has 3 heteroatoms. The van der Waals surface area contributed by atoms with E-state index in [4.69, 9.17) is 5.84 Å². The minimum atomic E-state index is 0.469. The van der Waals surface area contributed by atoms with Gasteiger partial charge in [-0.1, -0.05) is 32.6 Å². The second-order valence-electron chi connectivity index (χ2n) is 7.08. The van der Waals surface area contributed by atoms with Crippen molar-refractivity contribution in [1.29, 1.82) is 0 Å². The number of fused-ring (bicyclic) bond motifs is 1. The summed E-state index contributed by atoms with van der Waals surface area (Å²) in [5, 5.41) is 0. The van der Waals surface area contributed by atoms with Crippen LogP contribution >= 0.6 is 11.3 Å². The Labute approximate surface area is 133 Å². The van der Waals surface area contributed by atoms with E-state index in [9.17, 15) is 0 Å². The van der Waals surface area contributed by atoms with Gasteiger partial charge in [-0.05, 0) is 62.0 Å². The van der Waals surface area contributed by atoms with Gasteiger partial charge in [0.2, 0.25) is 0 Å². The highest BCUT2D eigenvalue weighted by Gasteiger charge is 2.35. The Bertz CT molecular complexity index is 442. The van der Waals surface area contributed by atoms with Gasteiger partial charge in [-0.25, -0.2) is 0 Å². The van der Waals surface area contributed by atoms with Gasteiger partial charge in [-0.15, -0.1) is 11.3 Å². The van der Waals surface area contributed by atoms with Gasteiger partial charge in [0.1, 0.15) is 0 Å². The molecule has 118 valence electrons. The number of nitrogens with one attached hydrogen (secondary N) is 1. The summed E-state index contributed by atoms with van der Waals surface area (Å²) in [7, 11) is 0. The topological polar surface area (TPSA) is 38.0 Å². The number of rotatable bonds is 5. The van der Waals surface area contributed by atoms with Gasteiger partial charge in [-0.3, -0.25) is 11.3 Å². The fourth-order valence-electron chi connectivity index (χ4n) is 4.58. The molecule has 3 rings (SSSR count). The Morgan fingerprint density at radius 2 is 1.90 bits per heavy atom. The quantitative estimate of drug-likeness (QED) is 0.629. The molecule has 4 unspecified atom stereocenters. The minimum Gasteiger partial charge on any atom is -0.271 e. The molecule has 0 saturated heterocycles. The molecule has 0 amide bonds. The molecule has 2 aliphatic carbocycles. The van der Waals surface area contributed by atoms with Gasteiger partial charge < -0.3 is 0 Å². The van der Waals surface area contributed by atoms with Crippen molar-refractivity contribution >= 4 is 11.3 Å². The molecular formula is C18H30N2S. The Morgan fingerprint density at radius 3 is 2.62 bits per heavy atom. The van der Waals surface area contributed by atoms with Crippen LogP contribution in [0.2, 0.25) is 0 Å². The fourth-order valence-corrected chi connectivity index (χ4v) is 5.59. The van der Waals surface area contributed by atoms with E-state index >= 15 is 0 Å². The van der Waals surface area contributed by atoms with Crippen LogP contribution in [0.5, 0.6) is 0 Å². The fraction of sp³-hybridized carbons (Fsp3) is 0.778. The second-order valence-corrected chi connectivity index (χ2v) is 8.33. The van der Waals surface area contributed by atoms with E-state index in [0.29, 0.717) is 6.04 Å². The first-order valence-electron chi connectivity index (χ1n) is 8.83. The maximum atomic E-state index is 5.91. The molecule has 0 bridgehead atoms. The average molecular weight is 307 g/mol. The highest BCUT2D eigenvalue weighted by atomic mass is 32.1. The molecule has 1 aromatic heterocycles. The van der Waals surface area contributed by atoms with Crippen molar-refractivity contribution in [2.45, 2.75) is 70.8 Å². The maximum Gasteiger partial charge on any atom is 0.0287 e. The Balaban J connectivity index is 1.60. The largest absolute Gasteiger partial charge is 0.271 e. The molecule has 2 fully saturated rings. The standard InChI is InChI=1S/C18H30N2S/c1-2-16-9-10-17(21-16)12-18(20-19)15-8-7-13-5-3-4-6-14(13)11-15/h9-10,13-15,18,20H,2-8,11-12,19H2,1H3. The third-order valence-electron chi connectivity index (χ3n) is 5.85. The summed E-state index contributed by atoms with van der Waals surface area (Å²) in [5.74, 6) is 8.71. The van der Waals surface area contributed by atoms with Crippen molar-refractivity contribution in [3.05, 3.63) is 21.9 Å². The lowest BCUT2D eigenvalue weighted by Gasteiger charge is -2.41. The van der Waals surface area contributed by atoms with E-state index in [2.05, 4.69) is 24.5 Å². The number of hydrogen-bond donors (Lipinski definition) is 2. The van der Waals surface area contributed by atoms with E-state index < -0.39 is 0 Å². The molecule has 4 atom stereocenters. The number of hydrogen-bond acceptors (Lipinski definition) is 3. The molecule has 1 aromatic rings. The third kappa shape index (κ3) is 3.69. The van der Waals surface area contributed by atoms with Crippen LogP contribution in [-0.4, -0.2) is 6.04 Å². The smallest absolute Gasteiger partial charge is 0.0287 e. The summed E-state index contributed by atoms with van der Waals surface area (Å²) < 4.78 is 0. The Kier molecular flexibility index (Phi) is 5.36. The van der Waals surface area contributed by atoms with Gasteiger partial charge in [0.25, 0.3) is 0 Å². The monoisotopic (exact) mass is 306 g/mol. The first-order valence-corrected chi connectivity index (χ1v) is 9.65. The van der Waals surface area contributed by atoms with Gasteiger partial charge >= 0.3 is 0 Å². The Morgan fingerprint density at radius 1 is 1.14 bits per heavy atom. The van der Waals surface area contributed by atoms with Crippen molar-refractivity contribution < 1.29 is 0 Å². The lowest BCUT2D eigenvalue weighted by Crippen LogP contribution is -2.45. The lowest BCUT2D eigenvalue weighted by atomic mass is 9.66. The molecule has 0 radical (unpaired) electrons. The first kappa shape index (κ1) is 15.5. The first-order chi connectivity index (χ1) is 10.3. The van der Waals surface area contributed by atoms with Crippen LogP contribution in [0.3, 0.4) is 0 Å². The van der Waals surface area contributed by atoms with E-state index in [1.165, 1.54) is 54.7 Å². The van der Waals surface area contributed by atoms with Crippen LogP contribution in [-0.2, 0) is 12.8 Å². The molecule has 3 N–H and O–H groups in total. The Hall–Kier alpha value is -0.380. The molecule has 2 aliphatic rings. The molecule has 2 nitrogen and oxygen atoms in total. The zero-order valence-corrected chi connectivity index (χ0v) is 14.1. The van der Waals surface area contributed by atoms with E-state index in [0.717, 1.165) is 30.6 Å². The molecule has 21 heavy (non-hydrogen) atoms. The van der Waals surface area contributed by atoms with Gasteiger partial charge in [0.05, 0.1) is 0 Å². The number of hydrazine groups is 1. The van der Waals surface area contributed by atoms with Crippen LogP contribution in [0.15, 0.2) is 12.1 Å². The number of nitrogens with two attached hydrogens (primary N) is 1. The third-order valence-corrected chi connectivity index (χ3v) is 7.10. The highest BCUT2D eigenvalue weighted by molar-refractivity contribution is 7.11. The minimum absolute atomic E-state index is 0.469. The summed E-state index contributed by atoms with van der Waals surface area (Å²) in [6.45, 7) is 2.23. The van der Waals surface area contributed by atoms with E-state index in [1.807, 2.05) is 11.3 Å². The van der Waals surface area contributed by atoms with E-state index in [1.54, 1.807) is 0 Å². The van der Waals surface area contributed by atoms with Gasteiger partial charge in [0.15, 0.2) is 0 Å². The van der Waals surface area contributed by atoms with Crippen molar-refractivity contribution in [3.8, 4) is 0 Å². The average Bonchev–Trinajstić information content (AvgIpc) is 3.00. The van der Waals surface area contributed by atoms with E-state index in [-0.39, 0.29) is 0 Å². The zero-order chi connectivity index (χ0) is 14.7. The van der Waals surface area contributed by atoms with Crippen molar-refractivity contribution in [2.24, 2.45) is 23.6 Å². The van der Waals surface area contributed by atoms with Crippen LogP contribution < -0.4 is 11.3 Å². The maximum absolute atomic E-state index is 5.91.